The van der Waals surface area contributed by atoms with Crippen LogP contribution >= 0.6 is 22.7 Å². The zero-order valence-electron chi connectivity index (χ0n) is 8.77. The van der Waals surface area contributed by atoms with E-state index >= 15 is 0 Å². The average Bonchev–Trinajstić information content (AvgIpc) is 2.89. The Balaban J connectivity index is 2.35. The smallest absolute Gasteiger partial charge is 0.134 e. The molecule has 0 bridgehead atoms. The van der Waals surface area contributed by atoms with Crippen molar-refractivity contribution in [3.05, 3.63) is 28.1 Å². The third-order valence-corrected chi connectivity index (χ3v) is 4.17. The van der Waals surface area contributed by atoms with Crippen LogP contribution in [0.3, 0.4) is 0 Å². The molecule has 2 aromatic heterocycles. The molecule has 0 spiro atoms. The summed E-state index contributed by atoms with van der Waals surface area (Å²) in [5, 5.41) is 11.7. The van der Waals surface area contributed by atoms with E-state index in [1.165, 1.54) is 0 Å². The van der Waals surface area contributed by atoms with Crippen molar-refractivity contribution < 1.29 is 4.74 Å². The topological polar surface area (TPSA) is 45.9 Å². The summed E-state index contributed by atoms with van der Waals surface area (Å²) in [5.74, 6) is 0. The Morgan fingerprint density at radius 3 is 3.06 bits per heavy atom. The van der Waals surface area contributed by atoms with Crippen LogP contribution in [0.5, 0.6) is 0 Å². The molecule has 0 saturated carbocycles. The summed E-state index contributed by atoms with van der Waals surface area (Å²) in [6.07, 6.45) is 0.404. The summed E-state index contributed by atoms with van der Waals surface area (Å²) in [7, 11) is 1.64. The van der Waals surface area contributed by atoms with Gasteiger partial charge in [-0.15, -0.1) is 22.7 Å². The molecule has 2 heterocycles. The number of rotatable bonds is 4. The predicted molar refractivity (Wildman–Crippen MR) is 65.5 cm³/mol. The number of hydrogen-bond donors (Lipinski definition) is 0. The van der Waals surface area contributed by atoms with Gasteiger partial charge in [-0.3, -0.25) is 0 Å². The molecule has 16 heavy (non-hydrogen) atoms. The molecule has 0 aliphatic carbocycles. The minimum atomic E-state index is 0.404. The van der Waals surface area contributed by atoms with Gasteiger partial charge in [-0.05, 0) is 11.4 Å². The van der Waals surface area contributed by atoms with Gasteiger partial charge in [0, 0.05) is 12.0 Å². The fourth-order valence-electron chi connectivity index (χ4n) is 1.35. The van der Waals surface area contributed by atoms with Crippen LogP contribution < -0.4 is 0 Å². The molecule has 0 atom stereocenters. The van der Waals surface area contributed by atoms with Crippen molar-refractivity contribution in [1.82, 2.24) is 4.98 Å². The molecule has 0 amide bonds. The summed E-state index contributed by atoms with van der Waals surface area (Å²) in [6, 6.07) is 6.20. The second-order valence-corrected chi connectivity index (χ2v) is 5.17. The molecule has 0 aliphatic heterocycles. The van der Waals surface area contributed by atoms with Gasteiger partial charge >= 0.3 is 0 Å². The molecule has 0 aliphatic rings. The maximum Gasteiger partial charge on any atom is 0.134 e. The van der Waals surface area contributed by atoms with Crippen LogP contribution in [0, 0.1) is 11.3 Å². The van der Waals surface area contributed by atoms with Crippen LogP contribution in [0.1, 0.15) is 10.6 Å². The molecule has 0 N–H and O–H groups in total. The molecular weight excluding hydrogens is 240 g/mol. The van der Waals surface area contributed by atoms with Crippen molar-refractivity contribution in [1.29, 1.82) is 5.26 Å². The number of methoxy groups -OCH3 is 1. The zero-order valence-corrected chi connectivity index (χ0v) is 10.4. The van der Waals surface area contributed by atoms with Gasteiger partial charge in [-0.2, -0.15) is 5.26 Å². The highest BCUT2D eigenvalue weighted by molar-refractivity contribution is 7.21. The summed E-state index contributed by atoms with van der Waals surface area (Å²) in [5.41, 5.74) is 0.887. The Hall–Kier alpha value is -1.22. The Labute approximate surface area is 102 Å². The number of nitrogens with zero attached hydrogens (tertiary/aromatic N) is 2. The van der Waals surface area contributed by atoms with E-state index in [9.17, 15) is 0 Å². The minimum Gasteiger partial charge on any atom is -0.378 e. The van der Waals surface area contributed by atoms with Gasteiger partial charge in [0.15, 0.2) is 0 Å². The van der Waals surface area contributed by atoms with Gasteiger partial charge in [0.25, 0.3) is 0 Å². The van der Waals surface area contributed by atoms with Gasteiger partial charge in [-0.1, -0.05) is 6.07 Å². The third-order valence-electron chi connectivity index (χ3n) is 2.03. The van der Waals surface area contributed by atoms with Crippen molar-refractivity contribution in [2.45, 2.75) is 13.0 Å². The number of thiazole rings is 1. The van der Waals surface area contributed by atoms with Crippen molar-refractivity contribution in [3.8, 4) is 16.0 Å². The quantitative estimate of drug-likeness (QED) is 0.837. The first-order valence-corrected chi connectivity index (χ1v) is 6.43. The van der Waals surface area contributed by atoms with E-state index in [-0.39, 0.29) is 0 Å². The first-order valence-electron chi connectivity index (χ1n) is 4.73. The molecule has 82 valence electrons. The van der Waals surface area contributed by atoms with E-state index in [2.05, 4.69) is 11.1 Å². The first-order chi connectivity index (χ1) is 7.85. The second kappa shape index (κ2) is 5.21. The fourth-order valence-corrected chi connectivity index (χ4v) is 3.14. The van der Waals surface area contributed by atoms with Gasteiger partial charge in [0.2, 0.25) is 0 Å². The fraction of sp³-hybridized carbons (Fsp3) is 0.273. The van der Waals surface area contributed by atoms with Gasteiger partial charge in [0.1, 0.15) is 5.01 Å². The van der Waals surface area contributed by atoms with Crippen LogP contribution in [0.25, 0.3) is 9.88 Å². The molecular formula is C11H10N2OS2. The maximum atomic E-state index is 8.74. The Morgan fingerprint density at radius 2 is 2.44 bits per heavy atom. The predicted octanol–water partition coefficient (Wildman–Crippen LogP) is 3.08. The van der Waals surface area contributed by atoms with Gasteiger partial charge < -0.3 is 4.74 Å². The molecule has 0 saturated heterocycles. The normalized spacial score (nSPS) is 10.2. The van der Waals surface area contributed by atoms with E-state index in [1.807, 2.05) is 17.5 Å². The SMILES string of the molecule is COCc1nc(-c2cccs2)sc1CC#N. The largest absolute Gasteiger partial charge is 0.378 e. The van der Waals surface area contributed by atoms with Crippen molar-refractivity contribution in [2.75, 3.05) is 7.11 Å². The monoisotopic (exact) mass is 250 g/mol. The van der Waals surface area contributed by atoms with E-state index in [1.54, 1.807) is 29.8 Å². The Bertz CT molecular complexity index is 497. The number of ether oxygens (including phenoxy) is 1. The van der Waals surface area contributed by atoms with E-state index in [0.717, 1.165) is 20.5 Å². The van der Waals surface area contributed by atoms with Crippen LogP contribution in [0.2, 0.25) is 0 Å². The Morgan fingerprint density at radius 1 is 1.56 bits per heavy atom. The number of nitriles is 1. The standard InChI is InChI=1S/C11H10N2OS2/c1-14-7-8-9(4-5-12)16-11(13-8)10-3-2-6-15-10/h2-3,6H,4,7H2,1H3. The van der Waals surface area contributed by atoms with Crippen molar-refractivity contribution in [3.63, 3.8) is 0 Å². The molecule has 0 aromatic carbocycles. The lowest BCUT2D eigenvalue weighted by Gasteiger charge is -1.94. The van der Waals surface area contributed by atoms with Crippen LogP contribution in [0.15, 0.2) is 17.5 Å². The minimum absolute atomic E-state index is 0.404. The van der Waals surface area contributed by atoms with E-state index in [4.69, 9.17) is 10.00 Å². The lowest BCUT2D eigenvalue weighted by molar-refractivity contribution is 0.181. The molecule has 0 unspecified atom stereocenters. The molecule has 5 heteroatoms. The zero-order chi connectivity index (χ0) is 11.4. The Kier molecular flexibility index (Phi) is 3.67. The summed E-state index contributed by atoms with van der Waals surface area (Å²) in [4.78, 5) is 6.67. The van der Waals surface area contributed by atoms with Crippen molar-refractivity contribution >= 4 is 22.7 Å². The highest BCUT2D eigenvalue weighted by atomic mass is 32.1. The second-order valence-electron chi connectivity index (χ2n) is 3.13. The number of aromatic nitrogens is 1. The summed E-state index contributed by atoms with van der Waals surface area (Å²) >= 11 is 3.24. The lowest BCUT2D eigenvalue weighted by atomic mass is 10.3. The summed E-state index contributed by atoms with van der Waals surface area (Å²) in [6.45, 7) is 0.471. The van der Waals surface area contributed by atoms with Crippen LogP contribution in [-0.4, -0.2) is 12.1 Å². The maximum absolute atomic E-state index is 8.74. The number of thiophene rings is 1. The number of hydrogen-bond acceptors (Lipinski definition) is 5. The van der Waals surface area contributed by atoms with Gasteiger partial charge in [0.05, 0.1) is 29.7 Å². The van der Waals surface area contributed by atoms with Gasteiger partial charge in [-0.25, -0.2) is 4.98 Å². The highest BCUT2D eigenvalue weighted by Crippen LogP contribution is 2.31. The van der Waals surface area contributed by atoms with Crippen LogP contribution in [0.4, 0.5) is 0 Å². The highest BCUT2D eigenvalue weighted by Gasteiger charge is 2.12. The van der Waals surface area contributed by atoms with E-state index < -0.39 is 0 Å². The van der Waals surface area contributed by atoms with Crippen molar-refractivity contribution in [2.24, 2.45) is 0 Å². The average molecular weight is 250 g/mol. The van der Waals surface area contributed by atoms with E-state index in [0.29, 0.717) is 13.0 Å². The summed E-state index contributed by atoms with van der Waals surface area (Å²) < 4.78 is 5.08. The molecule has 0 radical (unpaired) electrons. The molecule has 0 fully saturated rings. The third kappa shape index (κ3) is 2.30. The van der Waals surface area contributed by atoms with Crippen LogP contribution in [-0.2, 0) is 17.8 Å². The molecule has 3 nitrogen and oxygen atoms in total. The lowest BCUT2D eigenvalue weighted by Crippen LogP contribution is -1.92. The first kappa shape index (κ1) is 11.3. The molecule has 2 rings (SSSR count). The molecule has 2 aromatic rings.